The first kappa shape index (κ1) is 39.2. The lowest BCUT2D eigenvalue weighted by Crippen LogP contribution is -2.10. The molecule has 9 aromatic rings. The monoisotopic (exact) mass is 808 g/mol. The number of anilines is 6. The van der Waals surface area contributed by atoms with Crippen LogP contribution >= 0.6 is 0 Å². The van der Waals surface area contributed by atoms with Crippen molar-refractivity contribution < 1.29 is 0 Å². The van der Waals surface area contributed by atoms with Gasteiger partial charge in [-0.1, -0.05) is 183 Å². The molecule has 0 saturated carbocycles. The standard InChI is InChI=1S/C61H48N2/c1-45-13-11-18-53(43-45)50-27-37-60(38-28-50)63(59-35-25-49(26-36-59)47-16-7-3-8-17-47)61-41-31-52(32-42-61)55-20-12-19-54(44-55)51-29-39-58(40-30-51)62(56-21-9-4-10-22-56)57-33-23-48(24-34-57)46-14-5-2-6-15-46/h2-12,14-45H,13H2,1H3. The van der Waals surface area contributed by atoms with Gasteiger partial charge in [-0.2, -0.15) is 0 Å². The Hall–Kier alpha value is -7.94. The minimum Gasteiger partial charge on any atom is -0.311 e. The fourth-order valence-electron chi connectivity index (χ4n) is 8.66. The highest BCUT2D eigenvalue weighted by atomic mass is 15.1. The molecule has 0 aliphatic heterocycles. The van der Waals surface area contributed by atoms with Crippen LogP contribution in [0.15, 0.2) is 255 Å². The van der Waals surface area contributed by atoms with E-state index in [0.717, 1.165) is 40.5 Å². The lowest BCUT2D eigenvalue weighted by atomic mass is 9.93. The highest BCUT2D eigenvalue weighted by molar-refractivity contribution is 5.84. The molecular weight excluding hydrogens is 761 g/mol. The average Bonchev–Trinajstić information content (AvgIpc) is 3.36. The molecule has 1 unspecified atom stereocenters. The second-order valence-electron chi connectivity index (χ2n) is 16.3. The smallest absolute Gasteiger partial charge is 0.0462 e. The molecule has 0 bridgehead atoms. The summed E-state index contributed by atoms with van der Waals surface area (Å²) in [6.07, 6.45) is 8.02. The van der Waals surface area contributed by atoms with Gasteiger partial charge in [0.1, 0.15) is 0 Å². The first-order valence-corrected chi connectivity index (χ1v) is 21.9. The largest absolute Gasteiger partial charge is 0.311 e. The van der Waals surface area contributed by atoms with Crippen molar-refractivity contribution in [2.75, 3.05) is 9.80 Å². The molecule has 0 amide bonds. The minimum absolute atomic E-state index is 0.551. The Bertz CT molecular complexity index is 2970. The maximum Gasteiger partial charge on any atom is 0.0462 e. The van der Waals surface area contributed by atoms with Gasteiger partial charge < -0.3 is 9.80 Å². The van der Waals surface area contributed by atoms with Gasteiger partial charge in [0.2, 0.25) is 0 Å². The van der Waals surface area contributed by atoms with Gasteiger partial charge in [-0.25, -0.2) is 0 Å². The van der Waals surface area contributed by atoms with Crippen LogP contribution in [0.25, 0.3) is 50.1 Å². The number of rotatable bonds is 11. The quantitative estimate of drug-likeness (QED) is 0.128. The fraction of sp³-hybridized carbons (Fsp3) is 0.0492. The van der Waals surface area contributed by atoms with Crippen molar-refractivity contribution in [3.8, 4) is 44.5 Å². The molecule has 1 aliphatic rings. The lowest BCUT2D eigenvalue weighted by Gasteiger charge is -2.26. The maximum atomic E-state index is 2.38. The van der Waals surface area contributed by atoms with Crippen molar-refractivity contribution in [1.82, 2.24) is 0 Å². The Balaban J connectivity index is 0.926. The molecule has 0 aromatic heterocycles. The number of hydrogen-bond acceptors (Lipinski definition) is 2. The van der Waals surface area contributed by atoms with Crippen molar-refractivity contribution in [3.05, 3.63) is 260 Å². The van der Waals surface area contributed by atoms with E-state index in [1.54, 1.807) is 0 Å². The molecule has 0 saturated heterocycles. The third-order valence-corrected chi connectivity index (χ3v) is 12.0. The second kappa shape index (κ2) is 18.0. The van der Waals surface area contributed by atoms with Crippen molar-refractivity contribution in [1.29, 1.82) is 0 Å². The average molecular weight is 809 g/mol. The van der Waals surface area contributed by atoms with Crippen molar-refractivity contribution >= 4 is 39.7 Å². The summed E-state index contributed by atoms with van der Waals surface area (Å²) in [7, 11) is 0. The summed E-state index contributed by atoms with van der Waals surface area (Å²) in [5.74, 6) is 0.551. The van der Waals surface area contributed by atoms with Crippen molar-refractivity contribution in [3.63, 3.8) is 0 Å². The van der Waals surface area contributed by atoms with Gasteiger partial charge in [0.15, 0.2) is 0 Å². The zero-order valence-electron chi connectivity index (χ0n) is 35.4. The normalized spacial score (nSPS) is 13.3. The summed E-state index contributed by atoms with van der Waals surface area (Å²) in [4.78, 5) is 4.67. The Morgan fingerprint density at radius 3 is 0.984 bits per heavy atom. The zero-order chi connectivity index (χ0) is 42.4. The van der Waals surface area contributed by atoms with Crippen LogP contribution in [0.4, 0.5) is 34.1 Å². The van der Waals surface area contributed by atoms with Crippen LogP contribution in [0.5, 0.6) is 0 Å². The molecule has 0 N–H and O–H groups in total. The second-order valence-corrected chi connectivity index (χ2v) is 16.3. The molecule has 0 fully saturated rings. The predicted octanol–water partition coefficient (Wildman–Crippen LogP) is 17.3. The molecule has 2 nitrogen and oxygen atoms in total. The van der Waals surface area contributed by atoms with Gasteiger partial charge in [-0.05, 0) is 147 Å². The van der Waals surface area contributed by atoms with Gasteiger partial charge in [-0.3, -0.25) is 0 Å². The van der Waals surface area contributed by atoms with Crippen LogP contribution < -0.4 is 9.80 Å². The Morgan fingerprint density at radius 1 is 0.302 bits per heavy atom. The van der Waals surface area contributed by atoms with Gasteiger partial charge in [0.25, 0.3) is 0 Å². The summed E-state index contributed by atoms with van der Waals surface area (Å²) in [5.41, 5.74) is 18.7. The molecule has 10 rings (SSSR count). The summed E-state index contributed by atoms with van der Waals surface area (Å²) < 4.78 is 0. The van der Waals surface area contributed by atoms with Crippen molar-refractivity contribution in [2.45, 2.75) is 13.3 Å². The van der Waals surface area contributed by atoms with Gasteiger partial charge in [-0.15, -0.1) is 0 Å². The van der Waals surface area contributed by atoms with E-state index in [1.165, 1.54) is 55.6 Å². The van der Waals surface area contributed by atoms with Crippen LogP contribution in [0.1, 0.15) is 18.9 Å². The van der Waals surface area contributed by atoms with Gasteiger partial charge >= 0.3 is 0 Å². The highest BCUT2D eigenvalue weighted by Gasteiger charge is 2.16. The Labute approximate surface area is 372 Å². The molecule has 0 radical (unpaired) electrons. The number of nitrogens with zero attached hydrogens (tertiary/aromatic N) is 2. The molecule has 302 valence electrons. The van der Waals surface area contributed by atoms with Crippen LogP contribution in [0, 0.1) is 5.92 Å². The van der Waals surface area contributed by atoms with E-state index in [-0.39, 0.29) is 0 Å². The molecule has 0 spiro atoms. The zero-order valence-corrected chi connectivity index (χ0v) is 35.4. The molecule has 0 heterocycles. The van der Waals surface area contributed by atoms with Crippen LogP contribution in [0.2, 0.25) is 0 Å². The van der Waals surface area contributed by atoms with E-state index < -0.39 is 0 Å². The number of allylic oxidation sites excluding steroid dienone is 4. The molecule has 63 heavy (non-hydrogen) atoms. The third-order valence-electron chi connectivity index (χ3n) is 12.0. The Kier molecular flexibility index (Phi) is 11.2. The SMILES string of the molecule is CC1C=C(c2ccc(N(c3ccc(-c4ccccc4)cc3)c3ccc(-c4cccc(-c5ccc(N(c6ccccc6)c6ccc(-c7ccccc7)cc6)cc5)c4)cc3)cc2)C=CC1. The van der Waals surface area contributed by atoms with Crippen LogP contribution in [-0.4, -0.2) is 0 Å². The molecule has 9 aromatic carbocycles. The van der Waals surface area contributed by atoms with Crippen LogP contribution in [-0.2, 0) is 0 Å². The predicted molar refractivity (Wildman–Crippen MR) is 268 cm³/mol. The molecule has 1 atom stereocenters. The maximum absolute atomic E-state index is 2.38. The summed E-state index contributed by atoms with van der Waals surface area (Å²) >= 11 is 0. The summed E-state index contributed by atoms with van der Waals surface area (Å²) in [6, 6.07) is 85.2. The lowest BCUT2D eigenvalue weighted by molar-refractivity contribution is 0.740. The van der Waals surface area contributed by atoms with E-state index in [9.17, 15) is 0 Å². The van der Waals surface area contributed by atoms with Crippen LogP contribution in [0.3, 0.4) is 0 Å². The van der Waals surface area contributed by atoms with E-state index in [2.05, 4.69) is 272 Å². The van der Waals surface area contributed by atoms with Crippen molar-refractivity contribution in [2.24, 2.45) is 5.92 Å². The van der Waals surface area contributed by atoms with E-state index in [1.807, 2.05) is 0 Å². The topological polar surface area (TPSA) is 6.48 Å². The molecular formula is C61H48N2. The number of benzene rings is 9. The Morgan fingerprint density at radius 2 is 0.603 bits per heavy atom. The van der Waals surface area contributed by atoms with E-state index >= 15 is 0 Å². The summed E-state index contributed by atoms with van der Waals surface area (Å²) in [5, 5.41) is 0. The summed E-state index contributed by atoms with van der Waals surface area (Å²) in [6.45, 7) is 2.28. The number of hydrogen-bond donors (Lipinski definition) is 0. The van der Waals surface area contributed by atoms with Gasteiger partial charge in [0, 0.05) is 34.1 Å². The highest BCUT2D eigenvalue weighted by Crippen LogP contribution is 2.40. The minimum atomic E-state index is 0.551. The first-order chi connectivity index (χ1) is 31.1. The van der Waals surface area contributed by atoms with E-state index in [4.69, 9.17) is 0 Å². The van der Waals surface area contributed by atoms with E-state index in [0.29, 0.717) is 5.92 Å². The molecule has 2 heteroatoms. The number of para-hydroxylation sites is 1. The fourth-order valence-corrected chi connectivity index (χ4v) is 8.66. The third kappa shape index (κ3) is 8.66. The first-order valence-electron chi connectivity index (χ1n) is 21.9. The molecule has 1 aliphatic carbocycles. The van der Waals surface area contributed by atoms with Gasteiger partial charge in [0.05, 0.1) is 0 Å².